The fourth-order valence-corrected chi connectivity index (χ4v) is 3.89. The smallest absolute Gasteiger partial charge is 0.378 e. The predicted octanol–water partition coefficient (Wildman–Crippen LogP) is 5.32. The highest BCUT2D eigenvalue weighted by Gasteiger charge is 2.34. The van der Waals surface area contributed by atoms with Crippen LogP contribution in [-0.4, -0.2) is 20.5 Å². The van der Waals surface area contributed by atoms with Gasteiger partial charge >= 0.3 is 22.5 Å². The minimum Gasteiger partial charge on any atom is -0.378 e. The molecule has 0 aliphatic rings. The maximum Gasteiger partial charge on any atom is 0.419 e. The molecule has 6 nitrogen and oxygen atoms in total. The number of carbonyl (C=O) groups is 1. The van der Waals surface area contributed by atoms with Crippen LogP contribution in [0, 0.1) is 5.82 Å². The van der Waals surface area contributed by atoms with Gasteiger partial charge < -0.3 is 4.18 Å². The van der Waals surface area contributed by atoms with Crippen LogP contribution in [0.4, 0.5) is 30.7 Å². The molecule has 3 rings (SSSR count). The molecule has 1 N–H and O–H groups in total. The lowest BCUT2D eigenvalue weighted by molar-refractivity contribution is -0.140. The Morgan fingerprint density at radius 3 is 2.19 bits per heavy atom. The van der Waals surface area contributed by atoms with Crippen molar-refractivity contribution in [1.29, 1.82) is 0 Å². The van der Waals surface area contributed by atoms with E-state index < -0.39 is 56.6 Å². The van der Waals surface area contributed by atoms with Crippen molar-refractivity contribution in [2.24, 2.45) is 5.10 Å². The number of carbonyl (C=O) groups excluding carboxylic acids is 1. The Balaban J connectivity index is 1.70. The van der Waals surface area contributed by atoms with Gasteiger partial charge in [-0.1, -0.05) is 18.2 Å². The van der Waals surface area contributed by atoms with E-state index in [0.717, 1.165) is 24.4 Å². The first-order valence-corrected chi connectivity index (χ1v) is 11.5. The van der Waals surface area contributed by atoms with E-state index in [1.165, 1.54) is 24.3 Å². The molecule has 0 aliphatic heterocycles. The van der Waals surface area contributed by atoms with Gasteiger partial charge in [-0.25, -0.2) is 9.82 Å². The number of rotatable bonds is 7. The lowest BCUT2D eigenvalue weighted by Crippen LogP contribution is -2.20. The molecule has 0 spiro atoms. The number of nitrogens with zero attached hydrogens (tertiary/aromatic N) is 1. The van der Waals surface area contributed by atoms with Crippen LogP contribution >= 0.6 is 0 Å². The van der Waals surface area contributed by atoms with E-state index in [1.807, 2.05) is 5.43 Å². The van der Waals surface area contributed by atoms with Crippen LogP contribution in [0.2, 0.25) is 0 Å². The van der Waals surface area contributed by atoms with E-state index in [2.05, 4.69) is 5.10 Å². The Labute approximate surface area is 205 Å². The van der Waals surface area contributed by atoms with E-state index in [4.69, 9.17) is 4.18 Å². The molecule has 0 fully saturated rings. The summed E-state index contributed by atoms with van der Waals surface area (Å²) in [6, 6.07) is 10.2. The largest absolute Gasteiger partial charge is 0.419 e. The lowest BCUT2D eigenvalue weighted by atomic mass is 10.1. The standard InChI is InChI=1S/C23H15F7N2O4S/c24-19-10-5-14(11-18(19)23(28,29)30)12-21(33)32-31-13-15-3-1-2-4-20(15)36-37(34,35)17-8-6-16(7-9-17)22(25,26)27/h1-11,13H,12H2,(H,32,33). The van der Waals surface area contributed by atoms with Gasteiger partial charge in [0.2, 0.25) is 5.91 Å². The number of alkyl halides is 6. The van der Waals surface area contributed by atoms with Crippen molar-refractivity contribution in [2.75, 3.05) is 0 Å². The molecule has 37 heavy (non-hydrogen) atoms. The van der Waals surface area contributed by atoms with Crippen molar-refractivity contribution in [3.63, 3.8) is 0 Å². The van der Waals surface area contributed by atoms with E-state index in [0.29, 0.717) is 24.3 Å². The summed E-state index contributed by atoms with van der Waals surface area (Å²) in [6.45, 7) is 0. The predicted molar refractivity (Wildman–Crippen MR) is 117 cm³/mol. The second-order valence-electron chi connectivity index (χ2n) is 7.38. The summed E-state index contributed by atoms with van der Waals surface area (Å²) < 4.78 is 120. The minimum absolute atomic E-state index is 0.0411. The van der Waals surface area contributed by atoms with Crippen LogP contribution < -0.4 is 9.61 Å². The summed E-state index contributed by atoms with van der Waals surface area (Å²) >= 11 is 0. The molecule has 0 aromatic heterocycles. The molecule has 0 heterocycles. The zero-order valence-corrected chi connectivity index (χ0v) is 19.1. The molecule has 0 bridgehead atoms. The third-order valence-electron chi connectivity index (χ3n) is 4.68. The van der Waals surface area contributed by atoms with Crippen LogP contribution in [0.1, 0.15) is 22.3 Å². The Kier molecular flexibility index (Phi) is 7.91. The highest BCUT2D eigenvalue weighted by atomic mass is 32.2. The number of hydrazone groups is 1. The molecule has 3 aromatic carbocycles. The number of hydrogen-bond acceptors (Lipinski definition) is 5. The summed E-state index contributed by atoms with van der Waals surface area (Å²) in [6.07, 6.45) is -9.18. The van der Waals surface area contributed by atoms with Gasteiger partial charge in [-0.05, 0) is 54.1 Å². The third-order valence-corrected chi connectivity index (χ3v) is 5.93. The molecule has 1 amide bonds. The fourth-order valence-electron chi connectivity index (χ4n) is 2.94. The van der Waals surface area contributed by atoms with Gasteiger partial charge in [-0.3, -0.25) is 4.79 Å². The molecule has 0 saturated heterocycles. The number of benzene rings is 3. The summed E-state index contributed by atoms with van der Waals surface area (Å²) in [5, 5.41) is 3.61. The Morgan fingerprint density at radius 1 is 0.919 bits per heavy atom. The summed E-state index contributed by atoms with van der Waals surface area (Å²) in [5.41, 5.74) is -0.629. The number of amides is 1. The molecule has 0 radical (unpaired) electrons. The van der Waals surface area contributed by atoms with Gasteiger partial charge in [0.15, 0.2) is 5.75 Å². The van der Waals surface area contributed by atoms with Gasteiger partial charge in [-0.15, -0.1) is 0 Å². The van der Waals surface area contributed by atoms with Crippen LogP contribution in [-0.2, 0) is 33.7 Å². The third kappa shape index (κ3) is 7.29. The van der Waals surface area contributed by atoms with E-state index >= 15 is 0 Å². The van der Waals surface area contributed by atoms with Crippen molar-refractivity contribution in [3.05, 3.63) is 94.8 Å². The van der Waals surface area contributed by atoms with E-state index in [-0.39, 0.29) is 16.9 Å². The van der Waals surface area contributed by atoms with Gasteiger partial charge in [0.25, 0.3) is 0 Å². The average Bonchev–Trinajstić information content (AvgIpc) is 2.80. The monoisotopic (exact) mass is 548 g/mol. The number of nitrogens with one attached hydrogen (secondary N) is 1. The molecule has 196 valence electrons. The van der Waals surface area contributed by atoms with Gasteiger partial charge in [-0.2, -0.15) is 39.9 Å². The van der Waals surface area contributed by atoms with E-state index in [1.54, 1.807) is 0 Å². The highest BCUT2D eigenvalue weighted by molar-refractivity contribution is 7.87. The summed E-state index contributed by atoms with van der Waals surface area (Å²) in [4.78, 5) is 11.5. The second kappa shape index (κ2) is 10.6. The Hall–Kier alpha value is -3.94. The van der Waals surface area contributed by atoms with E-state index in [9.17, 15) is 43.9 Å². The maximum absolute atomic E-state index is 13.4. The zero-order valence-electron chi connectivity index (χ0n) is 18.3. The second-order valence-corrected chi connectivity index (χ2v) is 8.93. The number of halogens is 7. The molecule has 0 atom stereocenters. The fraction of sp³-hybridized carbons (Fsp3) is 0.130. The first kappa shape index (κ1) is 27.6. The normalized spacial score (nSPS) is 12.5. The Morgan fingerprint density at radius 2 is 1.57 bits per heavy atom. The molecule has 14 heteroatoms. The number of para-hydroxylation sites is 1. The highest BCUT2D eigenvalue weighted by Crippen LogP contribution is 2.32. The SMILES string of the molecule is O=C(Cc1ccc(F)c(C(F)(F)F)c1)NN=Cc1ccccc1OS(=O)(=O)c1ccc(C(F)(F)F)cc1. The summed E-state index contributed by atoms with van der Waals surface area (Å²) in [7, 11) is -4.54. The van der Waals surface area contributed by atoms with Crippen LogP contribution in [0.15, 0.2) is 76.7 Å². The Bertz CT molecular complexity index is 1420. The first-order valence-electron chi connectivity index (χ1n) is 10.0. The van der Waals surface area contributed by atoms with Crippen LogP contribution in [0.25, 0.3) is 0 Å². The van der Waals surface area contributed by atoms with Crippen LogP contribution in [0.5, 0.6) is 5.75 Å². The van der Waals surface area contributed by atoms with Crippen molar-refractivity contribution in [2.45, 2.75) is 23.7 Å². The maximum atomic E-state index is 13.4. The minimum atomic E-state index is -4.95. The van der Waals surface area contributed by atoms with Gasteiger partial charge in [0.05, 0.1) is 23.8 Å². The van der Waals surface area contributed by atoms with Crippen molar-refractivity contribution in [3.8, 4) is 5.75 Å². The quantitative estimate of drug-likeness (QED) is 0.187. The topological polar surface area (TPSA) is 84.8 Å². The first-order chi connectivity index (χ1) is 17.2. The number of hydrogen-bond donors (Lipinski definition) is 1. The molecule has 0 aliphatic carbocycles. The van der Waals surface area contributed by atoms with Gasteiger partial charge in [0, 0.05) is 5.56 Å². The zero-order chi connectivity index (χ0) is 27.4. The summed E-state index contributed by atoms with van der Waals surface area (Å²) in [5.74, 6) is -2.61. The van der Waals surface area contributed by atoms with Crippen molar-refractivity contribution >= 4 is 22.2 Å². The molecule has 0 unspecified atom stereocenters. The molecular weight excluding hydrogens is 533 g/mol. The van der Waals surface area contributed by atoms with Gasteiger partial charge in [0.1, 0.15) is 10.7 Å². The lowest BCUT2D eigenvalue weighted by Gasteiger charge is -2.11. The average molecular weight is 548 g/mol. The van der Waals surface area contributed by atoms with Crippen molar-refractivity contribution in [1.82, 2.24) is 5.43 Å². The molecule has 0 saturated carbocycles. The van der Waals surface area contributed by atoms with Crippen molar-refractivity contribution < 1.29 is 48.1 Å². The molecule has 3 aromatic rings. The molecular formula is C23H15F7N2O4S. The van der Waals surface area contributed by atoms with Crippen LogP contribution in [0.3, 0.4) is 0 Å².